The number of rotatable bonds is 5. The van der Waals surface area contributed by atoms with Crippen LogP contribution >= 0.6 is 11.6 Å². The van der Waals surface area contributed by atoms with Gasteiger partial charge in [-0.25, -0.2) is 0 Å². The zero-order valence-electron chi connectivity index (χ0n) is 8.91. The van der Waals surface area contributed by atoms with Gasteiger partial charge in [-0.1, -0.05) is 38.3 Å². The summed E-state index contributed by atoms with van der Waals surface area (Å²) in [5, 5.41) is 18.7. The van der Waals surface area contributed by atoms with Crippen LogP contribution in [0.15, 0.2) is 18.2 Å². The van der Waals surface area contributed by atoms with Gasteiger partial charge in [-0.15, -0.1) is 11.6 Å². The van der Waals surface area contributed by atoms with Gasteiger partial charge in [-0.3, -0.25) is 0 Å². The van der Waals surface area contributed by atoms with Crippen molar-refractivity contribution in [1.29, 1.82) is 0 Å². The van der Waals surface area contributed by atoms with Gasteiger partial charge in [0, 0.05) is 5.56 Å². The van der Waals surface area contributed by atoms with Crippen molar-refractivity contribution in [3.05, 3.63) is 23.8 Å². The maximum atomic E-state index is 9.59. The maximum Gasteiger partial charge on any atom is 0.162 e. The minimum atomic E-state index is -0.219. The summed E-state index contributed by atoms with van der Waals surface area (Å²) >= 11 is 6.15. The van der Waals surface area contributed by atoms with E-state index >= 15 is 0 Å². The molecule has 0 spiro atoms. The molecule has 0 saturated heterocycles. The second-order valence-corrected chi connectivity index (χ2v) is 4.21. The Hall–Kier alpha value is -0.890. The average molecular weight is 229 g/mol. The molecule has 0 bridgehead atoms. The van der Waals surface area contributed by atoms with Crippen LogP contribution in [0.5, 0.6) is 11.5 Å². The highest BCUT2D eigenvalue weighted by molar-refractivity contribution is 6.21. The first-order valence-corrected chi connectivity index (χ1v) is 5.75. The molecule has 15 heavy (non-hydrogen) atoms. The first kappa shape index (κ1) is 12.2. The normalized spacial score (nSPS) is 12.7. The molecular formula is C12H17ClO2. The predicted molar refractivity (Wildman–Crippen MR) is 62.5 cm³/mol. The Morgan fingerprint density at radius 2 is 2.00 bits per heavy atom. The van der Waals surface area contributed by atoms with Crippen LogP contribution in [0, 0.1) is 0 Å². The van der Waals surface area contributed by atoms with Gasteiger partial charge in [0.2, 0.25) is 0 Å². The molecule has 84 valence electrons. The molecule has 0 aliphatic rings. The molecule has 0 aliphatic carbocycles. The van der Waals surface area contributed by atoms with Gasteiger partial charge in [-0.05, 0) is 12.5 Å². The zero-order chi connectivity index (χ0) is 11.3. The van der Waals surface area contributed by atoms with E-state index in [9.17, 15) is 10.2 Å². The van der Waals surface area contributed by atoms with E-state index < -0.39 is 0 Å². The predicted octanol–water partition coefficient (Wildman–Crippen LogP) is 3.96. The summed E-state index contributed by atoms with van der Waals surface area (Å²) in [5.74, 6) is -0.192. The van der Waals surface area contributed by atoms with Crippen molar-refractivity contribution in [2.75, 3.05) is 0 Å². The number of hydrogen-bond donors (Lipinski definition) is 2. The van der Waals surface area contributed by atoms with Crippen LogP contribution in [0.2, 0.25) is 0 Å². The Labute approximate surface area is 95.5 Å². The molecule has 0 saturated carbocycles. The number of phenolic OH excluding ortho intramolecular Hbond substituents is 2. The Morgan fingerprint density at radius 3 is 2.67 bits per heavy atom. The standard InChI is InChI=1S/C12H17ClO2/c1-2-3-4-7-10(13)9-6-5-8-11(14)12(9)15/h5-6,8,10,14-15H,2-4,7H2,1H3. The van der Waals surface area contributed by atoms with Crippen molar-refractivity contribution in [1.82, 2.24) is 0 Å². The van der Waals surface area contributed by atoms with Crippen molar-refractivity contribution in [2.24, 2.45) is 0 Å². The second kappa shape index (κ2) is 5.86. The summed E-state index contributed by atoms with van der Waals surface area (Å²) in [7, 11) is 0. The van der Waals surface area contributed by atoms with Crippen LogP contribution in [-0.2, 0) is 0 Å². The minimum absolute atomic E-state index is 0.0889. The van der Waals surface area contributed by atoms with Crippen LogP contribution in [0.3, 0.4) is 0 Å². The highest BCUT2D eigenvalue weighted by Crippen LogP contribution is 2.37. The largest absolute Gasteiger partial charge is 0.504 e. The van der Waals surface area contributed by atoms with E-state index in [1.54, 1.807) is 12.1 Å². The first-order valence-electron chi connectivity index (χ1n) is 5.31. The van der Waals surface area contributed by atoms with Crippen LogP contribution in [0.4, 0.5) is 0 Å². The summed E-state index contributed by atoms with van der Waals surface area (Å²) in [6, 6.07) is 4.90. The number of benzene rings is 1. The number of hydrogen-bond acceptors (Lipinski definition) is 2. The lowest BCUT2D eigenvalue weighted by atomic mass is 10.0. The van der Waals surface area contributed by atoms with Crippen molar-refractivity contribution in [3.63, 3.8) is 0 Å². The summed E-state index contributed by atoms with van der Waals surface area (Å²) in [6.45, 7) is 2.13. The number of unbranched alkanes of at least 4 members (excludes halogenated alkanes) is 2. The SMILES string of the molecule is CCCCCC(Cl)c1cccc(O)c1O. The molecule has 0 radical (unpaired) electrons. The van der Waals surface area contributed by atoms with Crippen LogP contribution in [-0.4, -0.2) is 10.2 Å². The average Bonchev–Trinajstić information content (AvgIpc) is 2.22. The highest BCUT2D eigenvalue weighted by Gasteiger charge is 2.14. The number of halogens is 1. The monoisotopic (exact) mass is 228 g/mol. The Morgan fingerprint density at radius 1 is 1.27 bits per heavy atom. The van der Waals surface area contributed by atoms with E-state index in [1.165, 1.54) is 6.07 Å². The van der Waals surface area contributed by atoms with Gasteiger partial charge >= 0.3 is 0 Å². The molecule has 3 heteroatoms. The summed E-state index contributed by atoms with van der Waals surface area (Å²) < 4.78 is 0. The fraction of sp³-hybridized carbons (Fsp3) is 0.500. The van der Waals surface area contributed by atoms with Crippen molar-refractivity contribution in [2.45, 2.75) is 38.0 Å². The summed E-state index contributed by atoms with van der Waals surface area (Å²) in [5.41, 5.74) is 0.618. The van der Waals surface area contributed by atoms with Gasteiger partial charge in [0.1, 0.15) is 0 Å². The zero-order valence-corrected chi connectivity index (χ0v) is 9.67. The Balaban J connectivity index is 2.65. The fourth-order valence-corrected chi connectivity index (χ4v) is 1.86. The molecule has 1 aromatic carbocycles. The molecule has 2 nitrogen and oxygen atoms in total. The first-order chi connectivity index (χ1) is 7.16. The van der Waals surface area contributed by atoms with Gasteiger partial charge < -0.3 is 10.2 Å². The van der Waals surface area contributed by atoms with Crippen LogP contribution in [0.1, 0.15) is 43.5 Å². The van der Waals surface area contributed by atoms with Crippen LogP contribution < -0.4 is 0 Å². The smallest absolute Gasteiger partial charge is 0.162 e. The van der Waals surface area contributed by atoms with Crippen molar-refractivity contribution >= 4 is 11.6 Å². The third-order valence-electron chi connectivity index (χ3n) is 2.44. The molecule has 0 aliphatic heterocycles. The molecule has 1 unspecified atom stereocenters. The third kappa shape index (κ3) is 3.31. The molecule has 0 heterocycles. The summed E-state index contributed by atoms with van der Waals surface area (Å²) in [6.07, 6.45) is 4.16. The van der Waals surface area contributed by atoms with Gasteiger partial charge in [0.25, 0.3) is 0 Å². The fourth-order valence-electron chi connectivity index (χ4n) is 1.53. The lowest BCUT2D eigenvalue weighted by molar-refractivity contribution is 0.398. The lowest BCUT2D eigenvalue weighted by Gasteiger charge is -2.11. The quantitative estimate of drug-likeness (QED) is 0.455. The van der Waals surface area contributed by atoms with Crippen molar-refractivity contribution < 1.29 is 10.2 Å². The molecular weight excluding hydrogens is 212 g/mol. The van der Waals surface area contributed by atoms with Gasteiger partial charge in [0.15, 0.2) is 11.5 Å². The minimum Gasteiger partial charge on any atom is -0.504 e. The number of aromatic hydroxyl groups is 2. The van der Waals surface area contributed by atoms with E-state index in [0.29, 0.717) is 5.56 Å². The molecule has 2 N–H and O–H groups in total. The second-order valence-electron chi connectivity index (χ2n) is 3.68. The lowest BCUT2D eigenvalue weighted by Crippen LogP contribution is -1.91. The van der Waals surface area contributed by atoms with Crippen LogP contribution in [0.25, 0.3) is 0 Å². The molecule has 0 aromatic heterocycles. The number of phenols is 2. The van der Waals surface area contributed by atoms with Crippen molar-refractivity contribution in [3.8, 4) is 11.5 Å². The van der Waals surface area contributed by atoms with Gasteiger partial charge in [-0.2, -0.15) is 0 Å². The molecule has 0 fully saturated rings. The topological polar surface area (TPSA) is 40.5 Å². The van der Waals surface area contributed by atoms with Gasteiger partial charge in [0.05, 0.1) is 5.38 Å². The molecule has 1 aromatic rings. The molecule has 1 atom stereocenters. The third-order valence-corrected chi connectivity index (χ3v) is 2.90. The highest BCUT2D eigenvalue weighted by atomic mass is 35.5. The van der Waals surface area contributed by atoms with E-state index in [-0.39, 0.29) is 16.9 Å². The Bertz CT molecular complexity index is 312. The molecule has 1 rings (SSSR count). The number of alkyl halides is 1. The maximum absolute atomic E-state index is 9.59. The van der Waals surface area contributed by atoms with E-state index in [2.05, 4.69) is 6.92 Å². The van der Waals surface area contributed by atoms with E-state index in [1.807, 2.05) is 0 Å². The van der Waals surface area contributed by atoms with E-state index in [0.717, 1.165) is 25.7 Å². The number of para-hydroxylation sites is 1. The van der Waals surface area contributed by atoms with E-state index in [4.69, 9.17) is 11.6 Å². The molecule has 0 amide bonds. The Kier molecular flexibility index (Phi) is 4.76. The summed E-state index contributed by atoms with van der Waals surface area (Å²) in [4.78, 5) is 0.